The van der Waals surface area contributed by atoms with Crippen LogP contribution in [0.15, 0.2) is 0 Å². The molecule has 86 valence electrons. The lowest BCUT2D eigenvalue weighted by atomic mass is 9.86. The van der Waals surface area contributed by atoms with E-state index in [-0.39, 0.29) is 24.5 Å². The first-order valence-electron chi connectivity index (χ1n) is 5.14. The minimum Gasteiger partial charge on any atom is -0.481 e. The molecule has 5 nitrogen and oxygen atoms in total. The van der Waals surface area contributed by atoms with E-state index in [1.165, 1.54) is 7.11 Å². The van der Waals surface area contributed by atoms with Gasteiger partial charge in [-0.2, -0.15) is 0 Å². The van der Waals surface area contributed by atoms with Crippen molar-refractivity contribution in [2.75, 3.05) is 13.7 Å². The summed E-state index contributed by atoms with van der Waals surface area (Å²) in [7, 11) is 1.46. The van der Waals surface area contributed by atoms with Gasteiger partial charge in [0, 0.05) is 13.2 Å². The lowest BCUT2D eigenvalue weighted by Crippen LogP contribution is -2.41. The number of carboxylic acid groups (broad SMARTS) is 1. The summed E-state index contributed by atoms with van der Waals surface area (Å²) >= 11 is 0. The van der Waals surface area contributed by atoms with Gasteiger partial charge in [-0.1, -0.05) is 6.42 Å². The van der Waals surface area contributed by atoms with Crippen molar-refractivity contribution in [3.05, 3.63) is 0 Å². The van der Waals surface area contributed by atoms with Crippen LogP contribution in [-0.2, 0) is 14.3 Å². The molecule has 0 saturated heterocycles. The Labute approximate surface area is 88.8 Å². The predicted molar refractivity (Wildman–Crippen MR) is 53.4 cm³/mol. The van der Waals surface area contributed by atoms with E-state index in [0.29, 0.717) is 12.8 Å². The molecule has 5 heteroatoms. The van der Waals surface area contributed by atoms with Crippen LogP contribution in [0.25, 0.3) is 0 Å². The van der Waals surface area contributed by atoms with Crippen LogP contribution in [-0.4, -0.2) is 36.7 Å². The molecule has 0 heterocycles. The summed E-state index contributed by atoms with van der Waals surface area (Å²) < 4.78 is 4.69. The van der Waals surface area contributed by atoms with Gasteiger partial charge < -0.3 is 15.2 Å². The molecular weight excluding hydrogens is 198 g/mol. The predicted octanol–water partition coefficient (Wildman–Crippen LogP) is 0.392. The molecule has 2 atom stereocenters. The van der Waals surface area contributed by atoms with E-state index in [0.717, 1.165) is 12.8 Å². The molecule has 2 unspecified atom stereocenters. The van der Waals surface area contributed by atoms with E-state index in [2.05, 4.69) is 5.32 Å². The summed E-state index contributed by atoms with van der Waals surface area (Å²) in [6.07, 6.45) is 2.96. The minimum atomic E-state index is -0.763. The maximum Gasteiger partial charge on any atom is 0.306 e. The van der Waals surface area contributed by atoms with E-state index in [1.807, 2.05) is 0 Å². The lowest BCUT2D eigenvalue weighted by Gasteiger charge is -2.27. The first-order chi connectivity index (χ1) is 7.13. The van der Waals surface area contributed by atoms with Gasteiger partial charge in [-0.25, -0.2) is 0 Å². The number of amides is 1. The van der Waals surface area contributed by atoms with E-state index < -0.39 is 5.97 Å². The maximum absolute atomic E-state index is 11.2. The second-order valence-corrected chi connectivity index (χ2v) is 3.90. The molecule has 0 aromatic carbocycles. The van der Waals surface area contributed by atoms with E-state index in [9.17, 15) is 9.59 Å². The van der Waals surface area contributed by atoms with Gasteiger partial charge in [-0.3, -0.25) is 9.59 Å². The number of nitrogens with one attached hydrogen (secondary N) is 1. The Bertz CT molecular complexity index is 242. The summed E-state index contributed by atoms with van der Waals surface area (Å²) in [6.45, 7) is 0.0360. The Morgan fingerprint density at radius 1 is 1.47 bits per heavy atom. The fourth-order valence-corrected chi connectivity index (χ4v) is 1.95. The van der Waals surface area contributed by atoms with Gasteiger partial charge in [0.1, 0.15) is 6.61 Å². The second kappa shape index (κ2) is 5.70. The molecule has 1 aliphatic carbocycles. The van der Waals surface area contributed by atoms with Crippen LogP contribution in [0.2, 0.25) is 0 Å². The van der Waals surface area contributed by atoms with Crippen LogP contribution in [0.5, 0.6) is 0 Å². The number of ether oxygens (including phenoxy) is 1. The molecule has 0 spiro atoms. The monoisotopic (exact) mass is 215 g/mol. The van der Waals surface area contributed by atoms with Gasteiger partial charge in [0.2, 0.25) is 5.91 Å². The molecule has 0 bridgehead atoms. The zero-order chi connectivity index (χ0) is 11.3. The third-order valence-corrected chi connectivity index (χ3v) is 2.66. The number of carbonyl (C=O) groups is 2. The van der Waals surface area contributed by atoms with Gasteiger partial charge in [0.05, 0.1) is 5.92 Å². The highest BCUT2D eigenvalue weighted by Gasteiger charge is 2.27. The molecule has 2 N–H and O–H groups in total. The summed E-state index contributed by atoms with van der Waals surface area (Å²) in [4.78, 5) is 22.0. The van der Waals surface area contributed by atoms with Crippen molar-refractivity contribution in [3.63, 3.8) is 0 Å². The van der Waals surface area contributed by atoms with E-state index in [4.69, 9.17) is 9.84 Å². The summed E-state index contributed by atoms with van der Waals surface area (Å²) in [5.41, 5.74) is 0. The standard InChI is InChI=1S/C10H17NO4/c1-15-6-9(12)11-8-4-2-3-7(5-8)10(13)14/h7-8H,2-6H2,1H3,(H,11,12)(H,13,14). The highest BCUT2D eigenvalue weighted by atomic mass is 16.5. The van der Waals surface area contributed by atoms with Crippen LogP contribution in [0.1, 0.15) is 25.7 Å². The Morgan fingerprint density at radius 3 is 2.80 bits per heavy atom. The highest BCUT2D eigenvalue weighted by molar-refractivity contribution is 5.77. The molecule has 1 amide bonds. The summed E-state index contributed by atoms with van der Waals surface area (Å²) in [6, 6.07) is -0.0116. The third kappa shape index (κ3) is 3.87. The Morgan fingerprint density at radius 2 is 2.20 bits per heavy atom. The van der Waals surface area contributed by atoms with Crippen molar-refractivity contribution in [1.29, 1.82) is 0 Å². The van der Waals surface area contributed by atoms with Crippen molar-refractivity contribution in [3.8, 4) is 0 Å². The Hall–Kier alpha value is -1.10. The average Bonchev–Trinajstić information content (AvgIpc) is 2.18. The molecule has 0 aliphatic heterocycles. The number of methoxy groups -OCH3 is 1. The van der Waals surface area contributed by atoms with Crippen molar-refractivity contribution in [1.82, 2.24) is 5.32 Å². The van der Waals surface area contributed by atoms with Crippen LogP contribution < -0.4 is 5.32 Å². The molecule has 15 heavy (non-hydrogen) atoms. The smallest absolute Gasteiger partial charge is 0.306 e. The van der Waals surface area contributed by atoms with E-state index >= 15 is 0 Å². The van der Waals surface area contributed by atoms with Crippen molar-refractivity contribution in [2.24, 2.45) is 5.92 Å². The van der Waals surface area contributed by atoms with Crippen molar-refractivity contribution in [2.45, 2.75) is 31.7 Å². The normalized spacial score (nSPS) is 25.9. The van der Waals surface area contributed by atoms with Gasteiger partial charge in [-0.05, 0) is 19.3 Å². The first kappa shape index (κ1) is 12.0. The fourth-order valence-electron chi connectivity index (χ4n) is 1.95. The molecular formula is C10H17NO4. The molecule has 0 aromatic rings. The van der Waals surface area contributed by atoms with Crippen molar-refractivity contribution >= 4 is 11.9 Å². The lowest BCUT2D eigenvalue weighted by molar-refractivity contribution is -0.143. The summed E-state index contributed by atoms with van der Waals surface area (Å²) in [5.74, 6) is -1.25. The molecule has 1 saturated carbocycles. The average molecular weight is 215 g/mol. The zero-order valence-corrected chi connectivity index (χ0v) is 8.86. The molecule has 1 fully saturated rings. The second-order valence-electron chi connectivity index (χ2n) is 3.90. The number of hydrogen-bond acceptors (Lipinski definition) is 3. The Balaban J connectivity index is 2.36. The van der Waals surface area contributed by atoms with Crippen LogP contribution >= 0.6 is 0 Å². The van der Waals surface area contributed by atoms with Gasteiger partial charge >= 0.3 is 5.97 Å². The highest BCUT2D eigenvalue weighted by Crippen LogP contribution is 2.24. The SMILES string of the molecule is COCC(=O)NC1CCCC(C(=O)O)C1. The quantitative estimate of drug-likeness (QED) is 0.711. The Kier molecular flexibility index (Phi) is 4.55. The van der Waals surface area contributed by atoms with E-state index in [1.54, 1.807) is 0 Å². The van der Waals surface area contributed by atoms with Crippen LogP contribution in [0.3, 0.4) is 0 Å². The third-order valence-electron chi connectivity index (χ3n) is 2.66. The van der Waals surface area contributed by atoms with Gasteiger partial charge in [0.25, 0.3) is 0 Å². The first-order valence-corrected chi connectivity index (χ1v) is 5.14. The summed E-state index contributed by atoms with van der Waals surface area (Å²) in [5, 5.41) is 11.6. The van der Waals surface area contributed by atoms with Crippen LogP contribution in [0, 0.1) is 5.92 Å². The van der Waals surface area contributed by atoms with Crippen molar-refractivity contribution < 1.29 is 19.4 Å². The number of hydrogen-bond donors (Lipinski definition) is 2. The topological polar surface area (TPSA) is 75.6 Å². The van der Waals surface area contributed by atoms with Gasteiger partial charge in [-0.15, -0.1) is 0 Å². The number of carbonyl (C=O) groups excluding carboxylic acids is 1. The number of rotatable bonds is 4. The molecule has 0 radical (unpaired) electrons. The molecule has 1 aliphatic rings. The van der Waals surface area contributed by atoms with Crippen LogP contribution in [0.4, 0.5) is 0 Å². The zero-order valence-electron chi connectivity index (χ0n) is 8.86. The fraction of sp³-hybridized carbons (Fsp3) is 0.800. The minimum absolute atomic E-state index is 0.0116. The maximum atomic E-state index is 11.2. The number of carboxylic acids is 1. The molecule has 0 aromatic heterocycles. The number of aliphatic carboxylic acids is 1. The molecule has 1 rings (SSSR count). The largest absolute Gasteiger partial charge is 0.481 e. The van der Waals surface area contributed by atoms with Gasteiger partial charge in [0.15, 0.2) is 0 Å².